The van der Waals surface area contributed by atoms with Gasteiger partial charge in [-0.1, -0.05) is 79.3 Å². The van der Waals surface area contributed by atoms with Gasteiger partial charge < -0.3 is 10.2 Å². The minimum Gasteiger partial charge on any atom is -0.324 e. The number of benzodiazepines with no additional fused rings is 1. The van der Waals surface area contributed by atoms with Crippen LogP contribution >= 0.6 is 34.8 Å². The second-order valence-corrected chi connectivity index (χ2v) is 10.1. The van der Waals surface area contributed by atoms with Crippen molar-refractivity contribution in [3.8, 4) is 0 Å². The molecule has 2 amide bonds. The fraction of sp³-hybridized carbons (Fsp3) is 0.250. The van der Waals surface area contributed by atoms with Gasteiger partial charge in [0.25, 0.3) is 5.91 Å². The fourth-order valence-corrected chi connectivity index (χ4v) is 4.75. The van der Waals surface area contributed by atoms with Crippen molar-refractivity contribution in [2.45, 2.75) is 33.2 Å². The van der Waals surface area contributed by atoms with Crippen molar-refractivity contribution in [1.29, 1.82) is 0 Å². The van der Waals surface area contributed by atoms with E-state index in [1.54, 1.807) is 42.5 Å². The maximum absolute atomic E-state index is 13.9. The van der Waals surface area contributed by atoms with Crippen LogP contribution in [0, 0.1) is 12.8 Å². The molecule has 3 aromatic rings. The first-order chi connectivity index (χ1) is 17.2. The summed E-state index contributed by atoms with van der Waals surface area (Å²) in [4.78, 5) is 33.5. The third kappa shape index (κ3) is 5.29. The van der Waals surface area contributed by atoms with Crippen molar-refractivity contribution in [1.82, 2.24) is 0 Å². The zero-order chi connectivity index (χ0) is 26.0. The van der Waals surface area contributed by atoms with Gasteiger partial charge in [-0.25, -0.2) is 0 Å². The molecule has 4 rings (SSSR count). The number of fused-ring (bicyclic) bond motifs is 1. The average Bonchev–Trinajstić information content (AvgIpc) is 2.96. The van der Waals surface area contributed by atoms with Gasteiger partial charge in [0.15, 0.2) is 0 Å². The van der Waals surface area contributed by atoms with Gasteiger partial charge in [0, 0.05) is 31.9 Å². The Kier molecular flexibility index (Phi) is 8.04. The molecule has 0 unspecified atom stereocenters. The van der Waals surface area contributed by atoms with Crippen molar-refractivity contribution in [3.63, 3.8) is 0 Å². The summed E-state index contributed by atoms with van der Waals surface area (Å²) in [5.41, 5.74) is 3.81. The Balaban J connectivity index is 1.81. The van der Waals surface area contributed by atoms with Crippen LogP contribution in [0.25, 0.3) is 0 Å². The molecule has 0 saturated heterocycles. The van der Waals surface area contributed by atoms with Gasteiger partial charge in [0.1, 0.15) is 12.6 Å². The lowest BCUT2D eigenvalue weighted by molar-refractivity contribution is -0.123. The summed E-state index contributed by atoms with van der Waals surface area (Å²) in [7, 11) is 0. The van der Waals surface area contributed by atoms with E-state index in [-0.39, 0.29) is 24.3 Å². The quantitative estimate of drug-likeness (QED) is 0.358. The molecule has 0 radical (unpaired) electrons. The highest BCUT2D eigenvalue weighted by molar-refractivity contribution is 6.37. The van der Waals surface area contributed by atoms with Crippen LogP contribution in [0.15, 0.2) is 65.7 Å². The fourth-order valence-electron chi connectivity index (χ4n) is 4.18. The van der Waals surface area contributed by atoms with Crippen LogP contribution in [0.3, 0.4) is 0 Å². The number of carbonyl (C=O) groups excluding carboxylic acids is 2. The maximum atomic E-state index is 13.9. The van der Waals surface area contributed by atoms with Crippen LogP contribution in [0.5, 0.6) is 0 Å². The topological polar surface area (TPSA) is 61.8 Å². The second kappa shape index (κ2) is 11.0. The number of anilines is 2. The Morgan fingerprint density at radius 2 is 1.75 bits per heavy atom. The molecule has 3 aromatic carbocycles. The lowest BCUT2D eigenvalue weighted by Crippen LogP contribution is -2.44. The highest BCUT2D eigenvalue weighted by Gasteiger charge is 2.36. The Hall–Kier alpha value is -2.86. The monoisotopic (exact) mass is 541 g/mol. The summed E-state index contributed by atoms with van der Waals surface area (Å²) >= 11 is 19.2. The lowest BCUT2D eigenvalue weighted by Gasteiger charge is -2.27. The molecule has 5 nitrogen and oxygen atoms in total. The van der Waals surface area contributed by atoms with Crippen LogP contribution in [-0.4, -0.2) is 30.1 Å². The SMILES string of the molecule is CC[C@H](C)[C@H]1N=C(c2ccccc2Cl)c2cc(Cl)ccc2N(CC(=O)Nc2cccc(Cl)c2C)C1=O. The Morgan fingerprint density at radius 1 is 1.03 bits per heavy atom. The van der Waals surface area contributed by atoms with Crippen LogP contribution in [0.4, 0.5) is 11.4 Å². The minimum atomic E-state index is -0.701. The number of nitrogens with zero attached hydrogens (tertiary/aromatic N) is 2. The second-order valence-electron chi connectivity index (χ2n) is 8.83. The summed E-state index contributed by atoms with van der Waals surface area (Å²) in [6.45, 7) is 5.62. The van der Waals surface area contributed by atoms with E-state index >= 15 is 0 Å². The molecule has 36 heavy (non-hydrogen) atoms. The minimum absolute atomic E-state index is 0.0690. The molecule has 0 aliphatic carbocycles. The van der Waals surface area contributed by atoms with Crippen molar-refractivity contribution in [3.05, 3.63) is 92.4 Å². The van der Waals surface area contributed by atoms with Crippen LogP contribution < -0.4 is 10.2 Å². The molecule has 1 heterocycles. The van der Waals surface area contributed by atoms with Crippen LogP contribution in [0.2, 0.25) is 15.1 Å². The molecule has 1 N–H and O–H groups in total. The predicted octanol–water partition coefficient (Wildman–Crippen LogP) is 7.19. The van der Waals surface area contributed by atoms with E-state index in [9.17, 15) is 9.59 Å². The van der Waals surface area contributed by atoms with E-state index in [4.69, 9.17) is 39.8 Å². The van der Waals surface area contributed by atoms with Gasteiger partial charge >= 0.3 is 0 Å². The number of hydrogen-bond acceptors (Lipinski definition) is 3. The number of nitrogens with one attached hydrogen (secondary N) is 1. The highest BCUT2D eigenvalue weighted by Crippen LogP contribution is 2.34. The van der Waals surface area contributed by atoms with E-state index in [1.807, 2.05) is 39.0 Å². The molecule has 1 aliphatic heterocycles. The molecule has 0 spiro atoms. The molecular formula is C28H26Cl3N3O2. The molecule has 186 valence electrons. The number of amides is 2. The molecule has 0 bridgehead atoms. The summed E-state index contributed by atoms with van der Waals surface area (Å²) in [6, 6.07) is 17.2. The first-order valence-electron chi connectivity index (χ1n) is 11.7. The standard InChI is InChI=1S/C28H26Cl3N3O2/c1-4-16(2)26-28(36)34(15-25(35)32-23-11-7-10-21(30)17(23)3)24-13-12-18(29)14-20(24)27(33-26)19-8-5-6-9-22(19)31/h5-14,16,26H,4,15H2,1-3H3,(H,32,35)/t16-,26+/m0/s1. The van der Waals surface area contributed by atoms with Gasteiger partial charge in [-0.05, 0) is 54.8 Å². The maximum Gasteiger partial charge on any atom is 0.252 e. The first kappa shape index (κ1) is 26.2. The Morgan fingerprint density at radius 3 is 2.47 bits per heavy atom. The number of hydrogen-bond donors (Lipinski definition) is 1. The Labute approximate surface area is 226 Å². The largest absolute Gasteiger partial charge is 0.324 e. The van der Waals surface area contributed by atoms with Gasteiger partial charge in [0.05, 0.1) is 11.4 Å². The number of benzene rings is 3. The summed E-state index contributed by atoms with van der Waals surface area (Å²) in [5, 5.41) is 4.44. The molecule has 0 fully saturated rings. The van der Waals surface area contributed by atoms with E-state index < -0.39 is 6.04 Å². The van der Waals surface area contributed by atoms with Gasteiger partial charge in [-0.2, -0.15) is 0 Å². The average molecular weight is 543 g/mol. The van der Waals surface area contributed by atoms with Crippen LogP contribution in [-0.2, 0) is 9.59 Å². The molecule has 0 aromatic heterocycles. The summed E-state index contributed by atoms with van der Waals surface area (Å²) in [5.74, 6) is -0.674. The van der Waals surface area contributed by atoms with E-state index in [2.05, 4.69) is 5.32 Å². The number of aliphatic imine (C=N–C) groups is 1. The number of carbonyl (C=O) groups is 2. The predicted molar refractivity (Wildman–Crippen MR) is 149 cm³/mol. The molecular weight excluding hydrogens is 517 g/mol. The zero-order valence-corrected chi connectivity index (χ0v) is 22.5. The first-order valence-corrected chi connectivity index (χ1v) is 12.8. The smallest absolute Gasteiger partial charge is 0.252 e. The zero-order valence-electron chi connectivity index (χ0n) is 20.2. The lowest BCUT2D eigenvalue weighted by atomic mass is 9.97. The van der Waals surface area contributed by atoms with Crippen molar-refractivity contribution in [2.24, 2.45) is 10.9 Å². The molecule has 0 saturated carbocycles. The van der Waals surface area contributed by atoms with Crippen molar-refractivity contribution in [2.75, 3.05) is 16.8 Å². The molecule has 2 atom stereocenters. The van der Waals surface area contributed by atoms with Crippen molar-refractivity contribution >= 4 is 63.7 Å². The molecule has 1 aliphatic rings. The summed E-state index contributed by atoms with van der Waals surface area (Å²) in [6.07, 6.45) is 0.731. The number of halogens is 3. The van der Waals surface area contributed by atoms with Crippen LogP contribution in [0.1, 0.15) is 37.0 Å². The van der Waals surface area contributed by atoms with Gasteiger partial charge in [0.2, 0.25) is 5.91 Å². The third-order valence-corrected chi connectivity index (χ3v) is 7.42. The highest BCUT2D eigenvalue weighted by atomic mass is 35.5. The van der Waals surface area contributed by atoms with Gasteiger partial charge in [-0.15, -0.1) is 0 Å². The van der Waals surface area contributed by atoms with E-state index in [1.165, 1.54) is 4.90 Å². The Bertz CT molecular complexity index is 1360. The normalized spacial score (nSPS) is 16.2. The number of rotatable bonds is 6. The third-order valence-electron chi connectivity index (χ3n) is 6.45. The van der Waals surface area contributed by atoms with E-state index in [0.29, 0.717) is 43.3 Å². The molecule has 8 heteroatoms. The van der Waals surface area contributed by atoms with Crippen molar-refractivity contribution < 1.29 is 9.59 Å². The van der Waals surface area contributed by atoms with Gasteiger partial charge in [-0.3, -0.25) is 14.6 Å². The van der Waals surface area contributed by atoms with E-state index in [0.717, 1.165) is 12.0 Å². The summed E-state index contributed by atoms with van der Waals surface area (Å²) < 4.78 is 0.